The molecule has 0 fully saturated rings. The molecular formula is C49H28BrNO3. The number of para-hydroxylation sites is 2. The van der Waals surface area contributed by atoms with Crippen LogP contribution < -0.4 is 9.64 Å². The van der Waals surface area contributed by atoms with Crippen molar-refractivity contribution in [3.8, 4) is 22.6 Å². The summed E-state index contributed by atoms with van der Waals surface area (Å²) in [5, 5.41) is 4.19. The first-order valence-corrected chi connectivity index (χ1v) is 18.9. The molecular weight excluding hydrogens is 730 g/mol. The normalized spacial score (nSPS) is 13.6. The maximum atomic E-state index is 6.96. The summed E-state index contributed by atoms with van der Waals surface area (Å²) in [4.78, 5) is 2.33. The standard InChI is InChI=1S/C49H28BrNO3/c50-39-17-9-21-44-47(39)34-27-29(24-26-42(34)53-44)51(40-18-10-22-45-48(40)33-13-3-7-19-41(33)52-45)30-23-25-38-46(28-30)54-43-20-8-6-16-37(43)49(38)35-14-4-1-11-31(35)32-12-2-5-15-36(32)49/h1-28H. The molecule has 254 valence electrons. The van der Waals surface area contributed by atoms with Gasteiger partial charge < -0.3 is 18.5 Å². The Morgan fingerprint density at radius 1 is 0.426 bits per heavy atom. The number of benzene rings is 8. The van der Waals surface area contributed by atoms with Gasteiger partial charge in [-0.2, -0.15) is 0 Å². The molecule has 10 aromatic rings. The van der Waals surface area contributed by atoms with Crippen LogP contribution in [-0.4, -0.2) is 0 Å². The van der Waals surface area contributed by atoms with Crippen molar-refractivity contribution in [1.29, 1.82) is 0 Å². The summed E-state index contributed by atoms with van der Waals surface area (Å²) in [5.41, 5.74) is 13.1. The van der Waals surface area contributed by atoms with Crippen LogP contribution in [0.1, 0.15) is 22.3 Å². The summed E-state index contributed by atoms with van der Waals surface area (Å²) in [7, 11) is 0. The van der Waals surface area contributed by atoms with Gasteiger partial charge in [-0.05, 0) is 82.9 Å². The highest BCUT2D eigenvalue weighted by Gasteiger charge is 2.51. The van der Waals surface area contributed by atoms with Crippen LogP contribution in [0.15, 0.2) is 183 Å². The second kappa shape index (κ2) is 11.0. The van der Waals surface area contributed by atoms with E-state index in [9.17, 15) is 0 Å². The van der Waals surface area contributed by atoms with Crippen LogP contribution >= 0.6 is 15.9 Å². The molecule has 4 nitrogen and oxygen atoms in total. The first-order valence-electron chi connectivity index (χ1n) is 18.1. The predicted octanol–water partition coefficient (Wildman–Crippen LogP) is 14.2. The lowest BCUT2D eigenvalue weighted by Crippen LogP contribution is -2.32. The van der Waals surface area contributed by atoms with E-state index in [1.165, 1.54) is 22.3 Å². The molecule has 1 aliphatic carbocycles. The monoisotopic (exact) mass is 757 g/mol. The van der Waals surface area contributed by atoms with Crippen molar-refractivity contribution < 1.29 is 13.6 Å². The molecule has 12 rings (SSSR count). The lowest BCUT2D eigenvalue weighted by molar-refractivity contribution is 0.436. The Morgan fingerprint density at radius 2 is 1.02 bits per heavy atom. The van der Waals surface area contributed by atoms with Crippen molar-refractivity contribution in [2.24, 2.45) is 0 Å². The zero-order chi connectivity index (χ0) is 35.5. The van der Waals surface area contributed by atoms with E-state index < -0.39 is 5.41 Å². The summed E-state index contributed by atoms with van der Waals surface area (Å²) in [6, 6.07) is 60.0. The highest BCUT2D eigenvalue weighted by Crippen LogP contribution is 2.62. The second-order valence-electron chi connectivity index (χ2n) is 14.1. The minimum atomic E-state index is -0.539. The van der Waals surface area contributed by atoms with E-state index in [-0.39, 0.29) is 0 Å². The van der Waals surface area contributed by atoms with Gasteiger partial charge in [-0.15, -0.1) is 0 Å². The van der Waals surface area contributed by atoms with Crippen molar-refractivity contribution in [2.45, 2.75) is 5.41 Å². The molecule has 0 saturated heterocycles. The van der Waals surface area contributed by atoms with Gasteiger partial charge in [-0.1, -0.05) is 119 Å². The van der Waals surface area contributed by atoms with Gasteiger partial charge in [-0.25, -0.2) is 0 Å². The molecule has 0 amide bonds. The van der Waals surface area contributed by atoms with E-state index in [4.69, 9.17) is 13.6 Å². The van der Waals surface area contributed by atoms with Crippen LogP contribution in [0.4, 0.5) is 17.1 Å². The number of rotatable bonds is 3. The minimum absolute atomic E-state index is 0.539. The Kier molecular flexibility index (Phi) is 6.09. The van der Waals surface area contributed by atoms with Gasteiger partial charge in [0.2, 0.25) is 0 Å². The summed E-state index contributed by atoms with van der Waals surface area (Å²) in [6.07, 6.45) is 0. The third-order valence-corrected chi connectivity index (χ3v) is 12.1. The second-order valence-corrected chi connectivity index (χ2v) is 15.0. The number of nitrogens with zero attached hydrogens (tertiary/aromatic N) is 1. The first kappa shape index (κ1) is 30.0. The molecule has 0 atom stereocenters. The molecule has 0 saturated carbocycles. The predicted molar refractivity (Wildman–Crippen MR) is 221 cm³/mol. The zero-order valence-electron chi connectivity index (χ0n) is 28.7. The van der Waals surface area contributed by atoms with Gasteiger partial charge in [-0.3, -0.25) is 0 Å². The fourth-order valence-electron chi connectivity index (χ4n) is 9.27. The highest BCUT2D eigenvalue weighted by molar-refractivity contribution is 9.10. The molecule has 54 heavy (non-hydrogen) atoms. The average molecular weight is 759 g/mol. The molecule has 0 unspecified atom stereocenters. The summed E-state index contributed by atoms with van der Waals surface area (Å²) >= 11 is 3.81. The molecule has 0 radical (unpaired) electrons. The number of ether oxygens (including phenoxy) is 1. The Labute approximate surface area is 318 Å². The third kappa shape index (κ3) is 3.91. The van der Waals surface area contributed by atoms with E-state index >= 15 is 0 Å². The van der Waals surface area contributed by atoms with E-state index in [0.29, 0.717) is 0 Å². The molecule has 2 aromatic heterocycles. The molecule has 3 heterocycles. The molecule has 0 N–H and O–H groups in total. The SMILES string of the molecule is Brc1cccc2oc3ccc(N(c4ccc5c(c4)Oc4ccccc4C54c5ccccc5-c5ccccc54)c4cccc5oc6ccccc6c45)cc3c12. The number of furan rings is 2. The summed E-state index contributed by atoms with van der Waals surface area (Å²) in [6.45, 7) is 0. The Bertz CT molecular complexity index is 3140. The first-order chi connectivity index (χ1) is 26.7. The number of fused-ring (bicyclic) bond motifs is 15. The highest BCUT2D eigenvalue weighted by atomic mass is 79.9. The van der Waals surface area contributed by atoms with Crippen LogP contribution in [0.5, 0.6) is 11.5 Å². The van der Waals surface area contributed by atoms with E-state index in [0.717, 1.165) is 88.0 Å². The fraction of sp³-hybridized carbons (Fsp3) is 0.0204. The maximum absolute atomic E-state index is 6.96. The molecule has 8 aromatic carbocycles. The molecule has 1 aliphatic heterocycles. The molecule has 1 spiro atoms. The van der Waals surface area contributed by atoms with Crippen molar-refractivity contribution in [1.82, 2.24) is 0 Å². The van der Waals surface area contributed by atoms with Crippen molar-refractivity contribution in [3.63, 3.8) is 0 Å². The lowest BCUT2D eigenvalue weighted by atomic mass is 9.66. The largest absolute Gasteiger partial charge is 0.457 e. The van der Waals surface area contributed by atoms with Gasteiger partial charge in [0.15, 0.2) is 0 Å². The number of anilines is 3. The van der Waals surface area contributed by atoms with Crippen LogP contribution in [0, 0.1) is 0 Å². The Balaban J connectivity index is 1.15. The van der Waals surface area contributed by atoms with Crippen molar-refractivity contribution >= 4 is 76.9 Å². The average Bonchev–Trinajstić information content (AvgIpc) is 3.88. The number of halogens is 1. The lowest BCUT2D eigenvalue weighted by Gasteiger charge is -2.40. The van der Waals surface area contributed by atoms with Crippen LogP contribution in [0.25, 0.3) is 55.0 Å². The van der Waals surface area contributed by atoms with Crippen LogP contribution in [-0.2, 0) is 5.41 Å². The molecule has 5 heteroatoms. The summed E-state index contributed by atoms with van der Waals surface area (Å²) < 4.78 is 20.7. The zero-order valence-corrected chi connectivity index (χ0v) is 30.3. The van der Waals surface area contributed by atoms with Crippen LogP contribution in [0.2, 0.25) is 0 Å². The van der Waals surface area contributed by atoms with Gasteiger partial charge >= 0.3 is 0 Å². The number of hydrogen-bond acceptors (Lipinski definition) is 4. The van der Waals surface area contributed by atoms with Gasteiger partial charge in [0.25, 0.3) is 0 Å². The minimum Gasteiger partial charge on any atom is -0.457 e. The van der Waals surface area contributed by atoms with Gasteiger partial charge in [0, 0.05) is 49.2 Å². The number of hydrogen-bond donors (Lipinski definition) is 0. The smallest absolute Gasteiger partial charge is 0.137 e. The summed E-state index contributed by atoms with van der Waals surface area (Å²) in [5.74, 6) is 1.68. The topological polar surface area (TPSA) is 38.8 Å². The van der Waals surface area contributed by atoms with Gasteiger partial charge in [0.1, 0.15) is 33.8 Å². The van der Waals surface area contributed by atoms with E-state index in [2.05, 4.69) is 160 Å². The maximum Gasteiger partial charge on any atom is 0.137 e. The fourth-order valence-corrected chi connectivity index (χ4v) is 9.83. The van der Waals surface area contributed by atoms with E-state index in [1.54, 1.807) is 0 Å². The van der Waals surface area contributed by atoms with Gasteiger partial charge in [0.05, 0.1) is 16.5 Å². The third-order valence-electron chi connectivity index (χ3n) is 11.4. The molecule has 2 aliphatic rings. The van der Waals surface area contributed by atoms with E-state index in [1.807, 2.05) is 30.3 Å². The Hall–Kier alpha value is -6.56. The van der Waals surface area contributed by atoms with Crippen molar-refractivity contribution in [2.75, 3.05) is 4.90 Å². The van der Waals surface area contributed by atoms with Crippen LogP contribution in [0.3, 0.4) is 0 Å². The quantitative estimate of drug-likeness (QED) is 0.180. The van der Waals surface area contributed by atoms with Crippen molar-refractivity contribution in [3.05, 3.63) is 197 Å². The Morgan fingerprint density at radius 3 is 1.83 bits per heavy atom. The molecule has 0 bridgehead atoms.